The highest BCUT2D eigenvalue weighted by Crippen LogP contribution is 2.20. The molecule has 1 unspecified atom stereocenters. The molecule has 98 valence electrons. The van der Waals surface area contributed by atoms with E-state index in [0.29, 0.717) is 5.41 Å². The van der Waals surface area contributed by atoms with Gasteiger partial charge in [-0.05, 0) is 42.2 Å². The van der Waals surface area contributed by atoms with E-state index in [1.165, 1.54) is 0 Å². The summed E-state index contributed by atoms with van der Waals surface area (Å²) in [5.74, 6) is 0.933. The quantitative estimate of drug-likeness (QED) is 0.826. The van der Waals surface area contributed by atoms with Gasteiger partial charge in [0.2, 0.25) is 0 Å². The highest BCUT2D eigenvalue weighted by atomic mass is 15.5. The number of nitrogens with one attached hydrogen (secondary N) is 1. The molecule has 5 nitrogen and oxygen atoms in total. The van der Waals surface area contributed by atoms with Crippen molar-refractivity contribution in [1.82, 2.24) is 25.5 Å². The molecule has 5 heteroatoms. The lowest BCUT2D eigenvalue weighted by Crippen LogP contribution is -2.24. The molecule has 1 aromatic rings. The SMILES string of the molecule is CCCNC(C)c1nnnn1CCC(C)(C)C. The number of nitrogens with zero attached hydrogens (tertiary/aromatic N) is 4. The van der Waals surface area contributed by atoms with Crippen molar-refractivity contribution in [2.45, 2.75) is 60.0 Å². The predicted octanol–water partition coefficient (Wildman–Crippen LogP) is 2.17. The standard InChI is InChI=1S/C12H25N5/c1-6-8-13-10(2)11-14-15-16-17(11)9-7-12(3,4)5/h10,13H,6-9H2,1-5H3. The molecule has 0 aliphatic carbocycles. The third-order valence-electron chi connectivity index (χ3n) is 2.72. The number of rotatable bonds is 6. The van der Waals surface area contributed by atoms with E-state index in [9.17, 15) is 0 Å². The Morgan fingerprint density at radius 2 is 2.06 bits per heavy atom. The third kappa shape index (κ3) is 4.81. The van der Waals surface area contributed by atoms with E-state index in [4.69, 9.17) is 0 Å². The van der Waals surface area contributed by atoms with Gasteiger partial charge in [0.05, 0.1) is 6.04 Å². The van der Waals surface area contributed by atoms with Gasteiger partial charge in [0.15, 0.2) is 5.82 Å². The summed E-state index contributed by atoms with van der Waals surface area (Å²) in [4.78, 5) is 0. The molecular formula is C12H25N5. The molecule has 1 N–H and O–H groups in total. The summed E-state index contributed by atoms with van der Waals surface area (Å²) in [6, 6.07) is 0.213. The zero-order valence-electron chi connectivity index (χ0n) is 11.7. The van der Waals surface area contributed by atoms with Crippen LogP contribution >= 0.6 is 0 Å². The van der Waals surface area contributed by atoms with Crippen molar-refractivity contribution in [2.75, 3.05) is 6.54 Å². The molecule has 0 bridgehead atoms. The molecule has 0 radical (unpaired) electrons. The second-order valence-corrected chi connectivity index (χ2v) is 5.75. The smallest absolute Gasteiger partial charge is 0.167 e. The fourth-order valence-corrected chi connectivity index (χ4v) is 1.57. The van der Waals surface area contributed by atoms with Gasteiger partial charge in [0.25, 0.3) is 0 Å². The lowest BCUT2D eigenvalue weighted by Gasteiger charge is -2.19. The highest BCUT2D eigenvalue weighted by molar-refractivity contribution is 4.89. The van der Waals surface area contributed by atoms with Crippen LogP contribution in [0, 0.1) is 5.41 Å². The van der Waals surface area contributed by atoms with Crippen molar-refractivity contribution in [3.63, 3.8) is 0 Å². The number of aryl methyl sites for hydroxylation is 1. The van der Waals surface area contributed by atoms with Gasteiger partial charge in [-0.25, -0.2) is 4.68 Å². The fourth-order valence-electron chi connectivity index (χ4n) is 1.57. The van der Waals surface area contributed by atoms with Gasteiger partial charge in [0, 0.05) is 6.54 Å². The van der Waals surface area contributed by atoms with Crippen LogP contribution in [0.5, 0.6) is 0 Å². The van der Waals surface area contributed by atoms with Gasteiger partial charge in [-0.15, -0.1) is 5.10 Å². The first-order valence-electron chi connectivity index (χ1n) is 6.43. The van der Waals surface area contributed by atoms with Gasteiger partial charge in [0.1, 0.15) is 0 Å². The monoisotopic (exact) mass is 239 g/mol. The maximum Gasteiger partial charge on any atom is 0.167 e. The first-order chi connectivity index (χ1) is 7.94. The van der Waals surface area contributed by atoms with E-state index in [-0.39, 0.29) is 6.04 Å². The van der Waals surface area contributed by atoms with Crippen molar-refractivity contribution in [3.8, 4) is 0 Å². The van der Waals surface area contributed by atoms with Crippen molar-refractivity contribution in [1.29, 1.82) is 0 Å². The van der Waals surface area contributed by atoms with E-state index in [0.717, 1.165) is 31.8 Å². The van der Waals surface area contributed by atoms with Crippen LogP contribution in [0.2, 0.25) is 0 Å². The van der Waals surface area contributed by atoms with E-state index in [1.807, 2.05) is 4.68 Å². The van der Waals surface area contributed by atoms with Gasteiger partial charge < -0.3 is 5.32 Å². The Balaban J connectivity index is 2.59. The summed E-state index contributed by atoms with van der Waals surface area (Å²) in [5.41, 5.74) is 0.309. The Bertz CT molecular complexity index is 326. The minimum absolute atomic E-state index is 0.213. The van der Waals surface area contributed by atoms with Crippen LogP contribution in [0.3, 0.4) is 0 Å². The first-order valence-corrected chi connectivity index (χ1v) is 6.43. The molecule has 1 atom stereocenters. The van der Waals surface area contributed by atoms with Crippen LogP contribution in [-0.4, -0.2) is 26.8 Å². The molecule has 0 saturated carbocycles. The zero-order chi connectivity index (χ0) is 12.9. The van der Waals surface area contributed by atoms with E-state index in [1.54, 1.807) is 0 Å². The van der Waals surface area contributed by atoms with Crippen LogP contribution in [-0.2, 0) is 6.54 Å². The minimum Gasteiger partial charge on any atom is -0.307 e. The zero-order valence-corrected chi connectivity index (χ0v) is 11.7. The summed E-state index contributed by atoms with van der Waals surface area (Å²) < 4.78 is 1.92. The number of hydrogen-bond acceptors (Lipinski definition) is 4. The van der Waals surface area contributed by atoms with E-state index in [2.05, 4.69) is 55.5 Å². The molecule has 1 aromatic heterocycles. The summed E-state index contributed by atoms with van der Waals surface area (Å²) in [5, 5.41) is 15.4. The molecular weight excluding hydrogens is 214 g/mol. The Morgan fingerprint density at radius 3 is 2.65 bits per heavy atom. The Hall–Kier alpha value is -0.970. The number of tetrazole rings is 1. The maximum atomic E-state index is 4.11. The predicted molar refractivity (Wildman–Crippen MR) is 68.6 cm³/mol. The topological polar surface area (TPSA) is 55.6 Å². The summed E-state index contributed by atoms with van der Waals surface area (Å²) in [7, 11) is 0. The average molecular weight is 239 g/mol. The molecule has 17 heavy (non-hydrogen) atoms. The molecule has 0 fully saturated rings. The third-order valence-corrected chi connectivity index (χ3v) is 2.72. The first kappa shape index (κ1) is 14.1. The van der Waals surface area contributed by atoms with Crippen molar-refractivity contribution >= 4 is 0 Å². The van der Waals surface area contributed by atoms with E-state index < -0.39 is 0 Å². The molecule has 0 spiro atoms. The molecule has 0 amide bonds. The highest BCUT2D eigenvalue weighted by Gasteiger charge is 2.16. The molecule has 0 aliphatic heterocycles. The van der Waals surface area contributed by atoms with Crippen LogP contribution in [0.15, 0.2) is 0 Å². The largest absolute Gasteiger partial charge is 0.307 e. The number of aromatic nitrogens is 4. The van der Waals surface area contributed by atoms with Crippen molar-refractivity contribution < 1.29 is 0 Å². The Kier molecular flexibility index (Phi) is 5.05. The van der Waals surface area contributed by atoms with Crippen LogP contribution in [0.25, 0.3) is 0 Å². The minimum atomic E-state index is 0.213. The second kappa shape index (κ2) is 6.10. The lowest BCUT2D eigenvalue weighted by molar-refractivity contribution is 0.331. The van der Waals surface area contributed by atoms with Gasteiger partial charge >= 0.3 is 0 Å². The lowest BCUT2D eigenvalue weighted by atomic mass is 9.92. The van der Waals surface area contributed by atoms with Gasteiger partial charge in [-0.3, -0.25) is 0 Å². The number of hydrogen-bond donors (Lipinski definition) is 1. The fraction of sp³-hybridized carbons (Fsp3) is 0.917. The normalized spacial score (nSPS) is 13.9. The Morgan fingerprint density at radius 1 is 1.35 bits per heavy atom. The maximum absolute atomic E-state index is 4.11. The van der Waals surface area contributed by atoms with Crippen LogP contribution in [0.4, 0.5) is 0 Å². The van der Waals surface area contributed by atoms with Crippen molar-refractivity contribution in [2.24, 2.45) is 5.41 Å². The second-order valence-electron chi connectivity index (χ2n) is 5.75. The molecule has 0 aromatic carbocycles. The molecule has 1 rings (SSSR count). The Labute approximate surface area is 104 Å². The van der Waals surface area contributed by atoms with Crippen LogP contribution in [0.1, 0.15) is 59.3 Å². The average Bonchev–Trinajstić information content (AvgIpc) is 2.70. The van der Waals surface area contributed by atoms with Gasteiger partial charge in [-0.2, -0.15) is 0 Å². The summed E-state index contributed by atoms with van der Waals surface area (Å²) >= 11 is 0. The van der Waals surface area contributed by atoms with E-state index >= 15 is 0 Å². The summed E-state index contributed by atoms with van der Waals surface area (Å²) in [6.07, 6.45) is 2.19. The van der Waals surface area contributed by atoms with Crippen LogP contribution < -0.4 is 5.32 Å². The van der Waals surface area contributed by atoms with Crippen molar-refractivity contribution in [3.05, 3.63) is 5.82 Å². The van der Waals surface area contributed by atoms with Gasteiger partial charge in [-0.1, -0.05) is 27.7 Å². The summed E-state index contributed by atoms with van der Waals surface area (Å²) in [6.45, 7) is 12.8. The molecule has 1 heterocycles. The molecule has 0 saturated heterocycles. The molecule has 0 aliphatic rings.